The normalized spacial score (nSPS) is 13.2. The summed E-state index contributed by atoms with van der Waals surface area (Å²) in [5, 5.41) is 13.1. The zero-order valence-electron chi connectivity index (χ0n) is 18.4. The van der Waals surface area contributed by atoms with Gasteiger partial charge in [-0.1, -0.05) is 0 Å². The Labute approximate surface area is 201 Å². The summed E-state index contributed by atoms with van der Waals surface area (Å²) < 4.78 is 31.8. The molecule has 0 saturated heterocycles. The maximum atomic E-state index is 13.5. The van der Waals surface area contributed by atoms with Crippen LogP contribution >= 0.6 is 0 Å². The zero-order chi connectivity index (χ0) is 26.1. The van der Waals surface area contributed by atoms with Crippen LogP contribution in [0.2, 0.25) is 0 Å². The second kappa shape index (κ2) is 9.33. The highest BCUT2D eigenvalue weighted by Gasteiger charge is 2.37. The number of imide groups is 1. The number of nitro groups is 1. The minimum atomic E-state index is -1.37. The van der Waals surface area contributed by atoms with Crippen molar-refractivity contribution in [1.82, 2.24) is 0 Å². The highest BCUT2D eigenvalue weighted by atomic mass is 19.1. The van der Waals surface area contributed by atoms with E-state index >= 15 is 0 Å². The number of hydrogen-bond acceptors (Lipinski definition) is 7. The third-order valence-electron chi connectivity index (χ3n) is 5.27. The molecule has 0 aliphatic carbocycles. The van der Waals surface area contributed by atoms with E-state index in [1.54, 1.807) is 0 Å². The van der Waals surface area contributed by atoms with Gasteiger partial charge in [0.1, 0.15) is 5.82 Å². The molecule has 1 heterocycles. The topological polar surface area (TPSA) is 136 Å². The maximum Gasteiger partial charge on any atom is 0.338 e. The van der Waals surface area contributed by atoms with Gasteiger partial charge < -0.3 is 10.1 Å². The van der Waals surface area contributed by atoms with Gasteiger partial charge in [0.25, 0.3) is 17.7 Å². The number of nitro benzene ring substituents is 1. The van der Waals surface area contributed by atoms with E-state index in [0.29, 0.717) is 0 Å². The van der Waals surface area contributed by atoms with E-state index in [9.17, 15) is 38.1 Å². The molecular weight excluding hydrogens is 480 g/mol. The number of nitrogens with zero attached hydrogens (tertiary/aromatic N) is 2. The first-order chi connectivity index (χ1) is 17.1. The number of hydrogen-bond donors (Lipinski definition) is 1. The van der Waals surface area contributed by atoms with Gasteiger partial charge in [0, 0.05) is 11.8 Å². The van der Waals surface area contributed by atoms with Gasteiger partial charge in [-0.05, 0) is 61.5 Å². The molecule has 1 aliphatic rings. The van der Waals surface area contributed by atoms with Gasteiger partial charge in [-0.25, -0.2) is 14.1 Å². The number of amides is 3. The molecule has 0 aromatic heterocycles. The van der Waals surface area contributed by atoms with E-state index in [2.05, 4.69) is 5.32 Å². The third kappa shape index (κ3) is 4.51. The molecule has 0 fully saturated rings. The van der Waals surface area contributed by atoms with Crippen molar-refractivity contribution in [2.75, 3.05) is 10.2 Å². The number of ether oxygens (including phenoxy) is 1. The van der Waals surface area contributed by atoms with Gasteiger partial charge >= 0.3 is 11.7 Å². The molecule has 0 saturated carbocycles. The molecule has 36 heavy (non-hydrogen) atoms. The highest BCUT2D eigenvalue weighted by Crippen LogP contribution is 2.29. The highest BCUT2D eigenvalue weighted by molar-refractivity contribution is 6.34. The Balaban J connectivity index is 1.47. The van der Waals surface area contributed by atoms with Gasteiger partial charge in [0.05, 0.1) is 27.3 Å². The minimum absolute atomic E-state index is 0.0320. The molecule has 1 N–H and O–H groups in total. The number of carbonyl (C=O) groups is 4. The van der Waals surface area contributed by atoms with E-state index in [1.165, 1.54) is 31.2 Å². The fourth-order valence-electron chi connectivity index (χ4n) is 3.45. The molecule has 1 unspecified atom stereocenters. The van der Waals surface area contributed by atoms with Crippen LogP contribution in [0.4, 0.5) is 25.8 Å². The molecule has 4 rings (SSSR count). The first-order valence-corrected chi connectivity index (χ1v) is 10.3. The van der Waals surface area contributed by atoms with Gasteiger partial charge in [-0.3, -0.25) is 24.5 Å². The Morgan fingerprint density at radius 3 is 2.31 bits per heavy atom. The molecule has 3 aromatic rings. The molecule has 0 bridgehead atoms. The average molecular weight is 495 g/mol. The second-order valence-corrected chi connectivity index (χ2v) is 7.64. The summed E-state index contributed by atoms with van der Waals surface area (Å²) >= 11 is 0. The average Bonchev–Trinajstić information content (AvgIpc) is 3.10. The second-order valence-electron chi connectivity index (χ2n) is 7.64. The summed E-state index contributed by atoms with van der Waals surface area (Å²) in [6.07, 6.45) is -1.37. The number of nitrogens with one attached hydrogen (secondary N) is 1. The molecule has 1 atom stereocenters. The Hall–Kier alpha value is -5.00. The lowest BCUT2D eigenvalue weighted by Gasteiger charge is -2.14. The van der Waals surface area contributed by atoms with E-state index in [4.69, 9.17) is 4.74 Å². The molecule has 3 amide bonds. The lowest BCUT2D eigenvalue weighted by Crippen LogP contribution is -2.30. The Bertz CT molecular complexity index is 1440. The monoisotopic (exact) mass is 495 g/mol. The van der Waals surface area contributed by atoms with Crippen molar-refractivity contribution in [3.8, 4) is 0 Å². The van der Waals surface area contributed by atoms with Crippen molar-refractivity contribution in [2.24, 2.45) is 0 Å². The third-order valence-corrected chi connectivity index (χ3v) is 5.27. The molecule has 1 aliphatic heterocycles. The standard InChI is InChI=1S/C24H15F2N3O7/c1-12(21(30)27-15-5-9-19(26)20(11-15)29(34)35)36-24(33)13-2-8-17-18(10-13)23(32)28(22(17)31)16-6-3-14(25)4-7-16/h2-12H,1H3,(H,27,30). The Kier molecular flexibility index (Phi) is 6.26. The Morgan fingerprint density at radius 2 is 1.64 bits per heavy atom. The van der Waals surface area contributed by atoms with Crippen LogP contribution in [0.1, 0.15) is 38.0 Å². The largest absolute Gasteiger partial charge is 0.449 e. The SMILES string of the molecule is CC(OC(=O)c1ccc2c(c1)C(=O)N(c1ccc(F)cc1)C2=O)C(=O)Nc1ccc(F)c([N+](=O)[O-])c1. The maximum absolute atomic E-state index is 13.5. The van der Waals surface area contributed by atoms with Gasteiger partial charge in [0.2, 0.25) is 5.82 Å². The molecule has 0 radical (unpaired) electrons. The molecular formula is C24H15F2N3O7. The van der Waals surface area contributed by atoms with Crippen molar-refractivity contribution in [2.45, 2.75) is 13.0 Å². The van der Waals surface area contributed by atoms with Crippen LogP contribution in [0.5, 0.6) is 0 Å². The van der Waals surface area contributed by atoms with E-state index in [-0.39, 0.29) is 28.1 Å². The molecule has 3 aromatic carbocycles. The summed E-state index contributed by atoms with van der Waals surface area (Å²) in [7, 11) is 0. The number of halogens is 2. The summed E-state index contributed by atoms with van der Waals surface area (Å²) in [5.41, 5.74) is -0.937. The summed E-state index contributed by atoms with van der Waals surface area (Å²) in [6, 6.07) is 11.1. The predicted molar refractivity (Wildman–Crippen MR) is 121 cm³/mol. The van der Waals surface area contributed by atoms with Crippen molar-refractivity contribution in [3.63, 3.8) is 0 Å². The minimum Gasteiger partial charge on any atom is -0.449 e. The molecule has 10 nitrogen and oxygen atoms in total. The summed E-state index contributed by atoms with van der Waals surface area (Å²) in [4.78, 5) is 61.2. The Morgan fingerprint density at radius 1 is 0.972 bits per heavy atom. The summed E-state index contributed by atoms with van der Waals surface area (Å²) in [5.74, 6) is -4.83. The summed E-state index contributed by atoms with van der Waals surface area (Å²) in [6.45, 7) is 1.24. The number of benzene rings is 3. The molecule has 12 heteroatoms. The molecule has 0 spiro atoms. The first-order valence-electron chi connectivity index (χ1n) is 10.3. The van der Waals surface area contributed by atoms with Crippen LogP contribution in [0.3, 0.4) is 0 Å². The van der Waals surface area contributed by atoms with Gasteiger partial charge in [-0.15, -0.1) is 0 Å². The quantitative estimate of drug-likeness (QED) is 0.237. The predicted octanol–water partition coefficient (Wildman–Crippen LogP) is 3.86. The van der Waals surface area contributed by atoms with Crippen LogP contribution < -0.4 is 10.2 Å². The number of anilines is 2. The van der Waals surface area contributed by atoms with Crippen molar-refractivity contribution >= 4 is 40.8 Å². The van der Waals surface area contributed by atoms with Crippen molar-refractivity contribution in [3.05, 3.63) is 99.1 Å². The fourth-order valence-corrected chi connectivity index (χ4v) is 3.45. The zero-order valence-corrected chi connectivity index (χ0v) is 18.4. The van der Waals surface area contributed by atoms with Gasteiger partial charge in [-0.2, -0.15) is 4.39 Å². The van der Waals surface area contributed by atoms with Gasteiger partial charge in [0.15, 0.2) is 6.10 Å². The number of carbonyl (C=O) groups excluding carboxylic acids is 4. The molecule has 182 valence electrons. The van der Waals surface area contributed by atoms with Crippen LogP contribution in [0.25, 0.3) is 0 Å². The lowest BCUT2D eigenvalue weighted by atomic mass is 10.1. The van der Waals surface area contributed by atoms with Crippen LogP contribution in [-0.2, 0) is 9.53 Å². The van der Waals surface area contributed by atoms with Crippen molar-refractivity contribution in [1.29, 1.82) is 0 Å². The van der Waals surface area contributed by atoms with Crippen LogP contribution in [0, 0.1) is 21.7 Å². The van der Waals surface area contributed by atoms with E-state index in [1.807, 2.05) is 0 Å². The van der Waals surface area contributed by atoms with E-state index < -0.39 is 52.0 Å². The smallest absolute Gasteiger partial charge is 0.338 e. The van der Waals surface area contributed by atoms with E-state index in [0.717, 1.165) is 41.3 Å². The van der Waals surface area contributed by atoms with Crippen LogP contribution in [0.15, 0.2) is 60.7 Å². The number of esters is 1. The fraction of sp³-hybridized carbons (Fsp3) is 0.0833. The number of rotatable bonds is 6. The van der Waals surface area contributed by atoms with Crippen LogP contribution in [-0.4, -0.2) is 34.7 Å². The van der Waals surface area contributed by atoms with Crippen molar-refractivity contribution < 1.29 is 37.6 Å². The first kappa shape index (κ1) is 24.1. The number of fused-ring (bicyclic) bond motifs is 1. The lowest BCUT2D eigenvalue weighted by molar-refractivity contribution is -0.387.